The van der Waals surface area contributed by atoms with E-state index in [-0.39, 0.29) is 5.12 Å². The van der Waals surface area contributed by atoms with Crippen LogP contribution in [0.25, 0.3) is 0 Å². The lowest BCUT2D eigenvalue weighted by atomic mass is 10.4. The fourth-order valence-corrected chi connectivity index (χ4v) is 1.20. The average molecular weight is 190 g/mol. The normalized spacial score (nSPS) is 10.7. The van der Waals surface area contributed by atoms with Gasteiger partial charge in [-0.15, -0.1) is 12.6 Å². The monoisotopic (exact) mass is 190 g/mol. The standard InChI is InChI=1S/C8H18N2OS/c1-3-9-5-4-6-10(2)7-8(11)12/h9H,3-7H2,1-2H3,(H,11,12). The topological polar surface area (TPSA) is 32.3 Å². The summed E-state index contributed by atoms with van der Waals surface area (Å²) < 4.78 is 0. The summed E-state index contributed by atoms with van der Waals surface area (Å²) >= 11 is 3.70. The van der Waals surface area contributed by atoms with Crippen molar-refractivity contribution < 1.29 is 4.79 Å². The van der Waals surface area contributed by atoms with E-state index in [4.69, 9.17) is 0 Å². The molecule has 72 valence electrons. The molecule has 0 rings (SSSR count). The molecule has 1 N–H and O–H groups in total. The van der Waals surface area contributed by atoms with Crippen molar-refractivity contribution in [1.29, 1.82) is 0 Å². The summed E-state index contributed by atoms with van der Waals surface area (Å²) in [7, 11) is 1.93. The number of hydrogen-bond acceptors (Lipinski definition) is 3. The van der Waals surface area contributed by atoms with Crippen molar-refractivity contribution in [3.05, 3.63) is 0 Å². The highest BCUT2D eigenvalue weighted by molar-refractivity contribution is 7.96. The van der Waals surface area contributed by atoms with E-state index >= 15 is 0 Å². The van der Waals surface area contributed by atoms with Crippen molar-refractivity contribution in [2.45, 2.75) is 13.3 Å². The molecule has 0 radical (unpaired) electrons. The lowest BCUT2D eigenvalue weighted by molar-refractivity contribution is -0.111. The Morgan fingerprint density at radius 1 is 1.58 bits per heavy atom. The Labute approximate surface area is 79.9 Å². The quantitative estimate of drug-likeness (QED) is 0.449. The molecule has 0 atom stereocenters. The highest BCUT2D eigenvalue weighted by atomic mass is 32.1. The summed E-state index contributed by atoms with van der Waals surface area (Å²) in [6.07, 6.45) is 1.07. The maximum Gasteiger partial charge on any atom is 0.199 e. The van der Waals surface area contributed by atoms with Gasteiger partial charge in [0.2, 0.25) is 0 Å². The zero-order valence-electron chi connectivity index (χ0n) is 7.84. The molecule has 0 aromatic carbocycles. The highest BCUT2D eigenvalue weighted by Crippen LogP contribution is 1.88. The fraction of sp³-hybridized carbons (Fsp3) is 0.875. The summed E-state index contributed by atoms with van der Waals surface area (Å²) in [5.74, 6) is 0. The zero-order chi connectivity index (χ0) is 9.40. The number of hydrogen-bond donors (Lipinski definition) is 2. The zero-order valence-corrected chi connectivity index (χ0v) is 8.73. The highest BCUT2D eigenvalue weighted by Gasteiger charge is 2.00. The van der Waals surface area contributed by atoms with Crippen LogP contribution in [0.1, 0.15) is 13.3 Å². The Morgan fingerprint density at radius 3 is 2.75 bits per heavy atom. The first kappa shape index (κ1) is 11.9. The summed E-state index contributed by atoms with van der Waals surface area (Å²) in [6.45, 7) is 5.49. The van der Waals surface area contributed by atoms with Gasteiger partial charge in [-0.3, -0.25) is 9.69 Å². The van der Waals surface area contributed by atoms with Gasteiger partial charge in [-0.25, -0.2) is 0 Å². The van der Waals surface area contributed by atoms with E-state index in [1.165, 1.54) is 0 Å². The van der Waals surface area contributed by atoms with Gasteiger partial charge in [0, 0.05) is 0 Å². The molecule has 0 saturated heterocycles. The van der Waals surface area contributed by atoms with E-state index in [0.29, 0.717) is 6.54 Å². The first-order valence-electron chi connectivity index (χ1n) is 4.28. The minimum absolute atomic E-state index is 0.0686. The maximum absolute atomic E-state index is 10.5. The second-order valence-corrected chi connectivity index (χ2v) is 3.34. The van der Waals surface area contributed by atoms with Crippen LogP contribution in [0.4, 0.5) is 0 Å². The molecule has 0 unspecified atom stereocenters. The smallest absolute Gasteiger partial charge is 0.199 e. The Bertz CT molecular complexity index is 130. The molecule has 0 bridgehead atoms. The number of rotatable bonds is 7. The molecule has 0 spiro atoms. The Hall–Kier alpha value is -0.0600. The van der Waals surface area contributed by atoms with Crippen LogP contribution in [0, 0.1) is 0 Å². The Balaban J connectivity index is 3.19. The molecule has 0 amide bonds. The summed E-state index contributed by atoms with van der Waals surface area (Å²) in [5.41, 5.74) is 0. The van der Waals surface area contributed by atoms with Gasteiger partial charge in [-0.2, -0.15) is 0 Å². The van der Waals surface area contributed by atoms with Crippen LogP contribution >= 0.6 is 12.6 Å². The Morgan fingerprint density at radius 2 is 2.25 bits per heavy atom. The first-order chi connectivity index (χ1) is 5.66. The minimum atomic E-state index is -0.0686. The van der Waals surface area contributed by atoms with Crippen molar-refractivity contribution in [3.63, 3.8) is 0 Å². The van der Waals surface area contributed by atoms with E-state index in [9.17, 15) is 4.79 Å². The molecule has 0 aliphatic carbocycles. The molecule has 0 aliphatic heterocycles. The van der Waals surface area contributed by atoms with Crippen molar-refractivity contribution in [3.8, 4) is 0 Å². The van der Waals surface area contributed by atoms with Gasteiger partial charge in [0.05, 0.1) is 6.54 Å². The van der Waals surface area contributed by atoms with Crippen LogP contribution in [0.5, 0.6) is 0 Å². The average Bonchev–Trinajstić information content (AvgIpc) is 1.97. The molecular weight excluding hydrogens is 172 g/mol. The summed E-state index contributed by atoms with van der Waals surface area (Å²) in [4.78, 5) is 12.5. The van der Waals surface area contributed by atoms with Crippen LogP contribution in [0.3, 0.4) is 0 Å². The van der Waals surface area contributed by atoms with E-state index in [0.717, 1.165) is 26.1 Å². The molecule has 0 aliphatic rings. The second kappa shape index (κ2) is 7.58. The number of thiol groups is 1. The van der Waals surface area contributed by atoms with Crippen LogP contribution in [0.15, 0.2) is 0 Å². The molecular formula is C8H18N2OS. The third-order valence-electron chi connectivity index (χ3n) is 1.55. The second-order valence-electron chi connectivity index (χ2n) is 2.84. The Kier molecular flexibility index (Phi) is 7.54. The number of likely N-dealkylation sites (N-methyl/N-ethyl adjacent to an activating group) is 1. The van der Waals surface area contributed by atoms with Crippen molar-refractivity contribution >= 4 is 17.7 Å². The molecule has 0 fully saturated rings. The lowest BCUT2D eigenvalue weighted by Crippen LogP contribution is -2.27. The van der Waals surface area contributed by atoms with Gasteiger partial charge in [-0.1, -0.05) is 6.92 Å². The van der Waals surface area contributed by atoms with Gasteiger partial charge >= 0.3 is 0 Å². The van der Waals surface area contributed by atoms with Crippen LogP contribution in [0.2, 0.25) is 0 Å². The number of nitrogens with zero attached hydrogens (tertiary/aromatic N) is 1. The lowest BCUT2D eigenvalue weighted by Gasteiger charge is -2.13. The summed E-state index contributed by atoms with van der Waals surface area (Å²) in [5, 5.41) is 3.16. The minimum Gasteiger partial charge on any atom is -0.317 e. The molecule has 0 saturated carbocycles. The number of nitrogens with one attached hydrogen (secondary N) is 1. The molecule has 12 heavy (non-hydrogen) atoms. The van der Waals surface area contributed by atoms with Crippen LogP contribution in [-0.4, -0.2) is 43.2 Å². The maximum atomic E-state index is 10.5. The van der Waals surface area contributed by atoms with Gasteiger partial charge in [-0.05, 0) is 33.1 Å². The van der Waals surface area contributed by atoms with Gasteiger partial charge < -0.3 is 5.32 Å². The van der Waals surface area contributed by atoms with Gasteiger partial charge in [0.1, 0.15) is 0 Å². The first-order valence-corrected chi connectivity index (χ1v) is 4.72. The van der Waals surface area contributed by atoms with E-state index in [1.807, 2.05) is 11.9 Å². The van der Waals surface area contributed by atoms with E-state index < -0.39 is 0 Å². The number of carbonyl (C=O) groups excluding carboxylic acids is 1. The van der Waals surface area contributed by atoms with Crippen LogP contribution < -0.4 is 5.32 Å². The predicted molar refractivity (Wildman–Crippen MR) is 54.7 cm³/mol. The van der Waals surface area contributed by atoms with Crippen LogP contribution in [-0.2, 0) is 4.79 Å². The molecule has 4 heteroatoms. The van der Waals surface area contributed by atoms with Crippen molar-refractivity contribution in [1.82, 2.24) is 10.2 Å². The van der Waals surface area contributed by atoms with Crippen molar-refractivity contribution in [2.75, 3.05) is 33.2 Å². The molecule has 0 aromatic heterocycles. The largest absolute Gasteiger partial charge is 0.317 e. The molecule has 3 nitrogen and oxygen atoms in total. The third-order valence-corrected chi connectivity index (χ3v) is 1.69. The molecule has 0 heterocycles. The fourth-order valence-electron chi connectivity index (χ4n) is 0.961. The van der Waals surface area contributed by atoms with E-state index in [2.05, 4.69) is 24.9 Å². The van der Waals surface area contributed by atoms with Gasteiger partial charge in [0.15, 0.2) is 5.12 Å². The van der Waals surface area contributed by atoms with E-state index in [1.54, 1.807) is 0 Å². The van der Waals surface area contributed by atoms with Gasteiger partial charge in [0.25, 0.3) is 0 Å². The SMILES string of the molecule is CCNCCCN(C)CC(=O)S. The molecule has 0 aromatic rings. The summed E-state index contributed by atoms with van der Waals surface area (Å²) in [6, 6.07) is 0. The van der Waals surface area contributed by atoms with Crippen molar-refractivity contribution in [2.24, 2.45) is 0 Å². The number of carbonyl (C=O) groups is 1. The predicted octanol–water partition coefficient (Wildman–Crippen LogP) is 0.374. The third kappa shape index (κ3) is 8.04.